The van der Waals surface area contributed by atoms with Gasteiger partial charge in [-0.05, 0) is 31.2 Å². The number of pyridine rings is 1. The van der Waals surface area contributed by atoms with Gasteiger partial charge in [0.15, 0.2) is 18.1 Å². The van der Waals surface area contributed by atoms with Crippen molar-refractivity contribution < 1.29 is 9.53 Å². The quantitative estimate of drug-likeness (QED) is 0.518. The van der Waals surface area contributed by atoms with Crippen LogP contribution in [-0.2, 0) is 4.79 Å². The minimum absolute atomic E-state index is 0.00408. The van der Waals surface area contributed by atoms with E-state index < -0.39 is 0 Å². The molecule has 4 rings (SSSR count). The van der Waals surface area contributed by atoms with Crippen molar-refractivity contribution >= 4 is 40.1 Å². The van der Waals surface area contributed by atoms with Gasteiger partial charge in [-0.15, -0.1) is 0 Å². The molecule has 0 bridgehead atoms. The molecule has 0 fully saturated rings. The van der Waals surface area contributed by atoms with Gasteiger partial charge in [0.2, 0.25) is 0 Å². The van der Waals surface area contributed by atoms with Gasteiger partial charge < -0.3 is 26.0 Å². The first-order chi connectivity index (χ1) is 13.6. The molecule has 1 aliphatic heterocycles. The summed E-state index contributed by atoms with van der Waals surface area (Å²) in [6.07, 6.45) is 1.64. The maximum absolute atomic E-state index is 11.4. The van der Waals surface area contributed by atoms with Crippen LogP contribution in [0.4, 0.5) is 23.0 Å². The van der Waals surface area contributed by atoms with Gasteiger partial charge in [0.25, 0.3) is 5.91 Å². The first kappa shape index (κ1) is 17.5. The summed E-state index contributed by atoms with van der Waals surface area (Å²) >= 11 is 0. The van der Waals surface area contributed by atoms with Crippen molar-refractivity contribution in [3.63, 3.8) is 0 Å². The van der Waals surface area contributed by atoms with Gasteiger partial charge in [0.05, 0.1) is 17.7 Å². The molecule has 0 radical (unpaired) electrons. The Morgan fingerprint density at radius 2 is 2.11 bits per heavy atom. The molecule has 0 spiro atoms. The van der Waals surface area contributed by atoms with Crippen LogP contribution in [0.5, 0.6) is 5.75 Å². The number of benzene rings is 1. The van der Waals surface area contributed by atoms with E-state index in [0.717, 1.165) is 12.2 Å². The second-order valence-electron chi connectivity index (χ2n) is 6.10. The van der Waals surface area contributed by atoms with Crippen molar-refractivity contribution in [2.45, 2.75) is 6.92 Å². The number of amides is 1. The maximum Gasteiger partial charge on any atom is 0.262 e. The Balaban J connectivity index is 1.55. The van der Waals surface area contributed by atoms with Crippen LogP contribution in [0.25, 0.3) is 11.2 Å². The summed E-state index contributed by atoms with van der Waals surface area (Å²) in [5.41, 5.74) is 2.59. The second-order valence-corrected chi connectivity index (χ2v) is 6.10. The van der Waals surface area contributed by atoms with Gasteiger partial charge in [0, 0.05) is 18.3 Å². The molecule has 1 amide bonds. The highest BCUT2D eigenvalue weighted by atomic mass is 16.5. The van der Waals surface area contributed by atoms with Gasteiger partial charge in [-0.1, -0.05) is 6.58 Å². The molecule has 142 valence electrons. The van der Waals surface area contributed by atoms with Crippen molar-refractivity contribution in [1.82, 2.24) is 20.3 Å². The second kappa shape index (κ2) is 7.39. The lowest BCUT2D eigenvalue weighted by Crippen LogP contribution is -2.25. The molecule has 1 aromatic carbocycles. The van der Waals surface area contributed by atoms with Crippen molar-refractivity contribution in [3.05, 3.63) is 48.9 Å². The summed E-state index contributed by atoms with van der Waals surface area (Å²) in [6, 6.07) is 9.06. The smallest absolute Gasteiger partial charge is 0.262 e. The molecule has 3 heterocycles. The third kappa shape index (κ3) is 3.78. The van der Waals surface area contributed by atoms with Crippen LogP contribution in [0.1, 0.15) is 6.92 Å². The largest absolute Gasteiger partial charge is 0.482 e. The van der Waals surface area contributed by atoms with E-state index in [2.05, 4.69) is 42.8 Å². The van der Waals surface area contributed by atoms with Gasteiger partial charge in [0.1, 0.15) is 17.1 Å². The van der Waals surface area contributed by atoms with E-state index in [1.54, 1.807) is 18.3 Å². The summed E-state index contributed by atoms with van der Waals surface area (Å²) in [5.74, 6) is 2.27. The first-order valence-corrected chi connectivity index (χ1v) is 8.78. The molecular formula is C19H19N7O2. The Morgan fingerprint density at radius 1 is 1.25 bits per heavy atom. The maximum atomic E-state index is 11.4. The molecule has 0 unspecified atom stereocenters. The lowest BCUT2D eigenvalue weighted by molar-refractivity contribution is -0.118. The molecule has 9 heteroatoms. The van der Waals surface area contributed by atoms with E-state index in [0.29, 0.717) is 40.1 Å². The average molecular weight is 377 g/mol. The number of rotatable bonds is 6. The molecular weight excluding hydrogens is 358 g/mol. The topological polar surface area (TPSA) is 113 Å². The van der Waals surface area contributed by atoms with Crippen LogP contribution in [-0.4, -0.2) is 34.0 Å². The molecule has 3 aromatic rings. The SMILES string of the molecule is C=C(NCC)Nc1ccc2ncc(Nc3ccc4c(c3)OCC(=O)N4)nc2n1. The molecule has 2 aromatic heterocycles. The van der Waals surface area contributed by atoms with Gasteiger partial charge in [-0.25, -0.2) is 15.0 Å². The Morgan fingerprint density at radius 3 is 2.96 bits per heavy atom. The zero-order valence-electron chi connectivity index (χ0n) is 15.2. The molecule has 0 saturated heterocycles. The Labute approximate surface area is 161 Å². The van der Waals surface area contributed by atoms with E-state index >= 15 is 0 Å². The molecule has 0 atom stereocenters. The number of fused-ring (bicyclic) bond motifs is 2. The number of carbonyl (C=O) groups is 1. The number of ether oxygens (including phenoxy) is 1. The fourth-order valence-electron chi connectivity index (χ4n) is 2.74. The highest BCUT2D eigenvalue weighted by molar-refractivity contribution is 5.95. The summed E-state index contributed by atoms with van der Waals surface area (Å²) in [6.45, 7) is 6.64. The number of nitrogens with zero attached hydrogens (tertiary/aromatic N) is 3. The lowest BCUT2D eigenvalue weighted by Gasteiger charge is -2.18. The van der Waals surface area contributed by atoms with Crippen LogP contribution in [0.2, 0.25) is 0 Å². The molecule has 0 saturated carbocycles. The number of aromatic nitrogens is 3. The van der Waals surface area contributed by atoms with Crippen LogP contribution in [0.15, 0.2) is 48.9 Å². The fourth-order valence-corrected chi connectivity index (χ4v) is 2.74. The summed E-state index contributed by atoms with van der Waals surface area (Å²) in [5, 5.41) is 12.1. The Kier molecular flexibility index (Phi) is 4.63. The highest BCUT2D eigenvalue weighted by Gasteiger charge is 2.16. The predicted molar refractivity (Wildman–Crippen MR) is 108 cm³/mol. The van der Waals surface area contributed by atoms with E-state index in [1.165, 1.54) is 0 Å². The molecule has 4 N–H and O–H groups in total. The predicted octanol–water partition coefficient (Wildman–Crippen LogP) is 2.59. The van der Waals surface area contributed by atoms with Crippen LogP contribution < -0.4 is 26.0 Å². The summed E-state index contributed by atoms with van der Waals surface area (Å²) in [4.78, 5) is 24.8. The van der Waals surface area contributed by atoms with E-state index in [4.69, 9.17) is 4.74 Å². The molecule has 1 aliphatic rings. The minimum atomic E-state index is -0.166. The summed E-state index contributed by atoms with van der Waals surface area (Å²) in [7, 11) is 0. The van der Waals surface area contributed by atoms with Crippen LogP contribution in [0, 0.1) is 0 Å². The number of anilines is 4. The molecule has 0 aliphatic carbocycles. The third-order valence-corrected chi connectivity index (χ3v) is 3.96. The number of hydrogen-bond acceptors (Lipinski definition) is 8. The fraction of sp³-hybridized carbons (Fsp3) is 0.158. The van der Waals surface area contributed by atoms with Crippen LogP contribution >= 0.6 is 0 Å². The third-order valence-electron chi connectivity index (χ3n) is 3.96. The standard InChI is InChI=1S/C19H19N7O2/c1-3-20-11(2)22-16-7-6-14-19(25-16)26-17(9-21-14)23-12-4-5-13-15(8-12)28-10-18(27)24-13/h4-9,20H,2-3,10H2,1H3,(H,24,27)(H2,22,23,25,26). The lowest BCUT2D eigenvalue weighted by atomic mass is 10.2. The summed E-state index contributed by atoms with van der Waals surface area (Å²) < 4.78 is 5.43. The van der Waals surface area contributed by atoms with Gasteiger partial charge >= 0.3 is 0 Å². The first-order valence-electron chi connectivity index (χ1n) is 8.78. The van der Waals surface area contributed by atoms with Crippen molar-refractivity contribution in [1.29, 1.82) is 0 Å². The van der Waals surface area contributed by atoms with E-state index in [-0.39, 0.29) is 12.5 Å². The van der Waals surface area contributed by atoms with E-state index in [1.807, 2.05) is 25.1 Å². The average Bonchev–Trinajstić information content (AvgIpc) is 2.68. The number of nitrogens with one attached hydrogen (secondary N) is 4. The minimum Gasteiger partial charge on any atom is -0.482 e. The monoisotopic (exact) mass is 377 g/mol. The van der Waals surface area contributed by atoms with Crippen LogP contribution in [0.3, 0.4) is 0 Å². The zero-order chi connectivity index (χ0) is 19.5. The zero-order valence-corrected chi connectivity index (χ0v) is 15.2. The van der Waals surface area contributed by atoms with Gasteiger partial charge in [-0.3, -0.25) is 4.79 Å². The molecule has 9 nitrogen and oxygen atoms in total. The number of carbonyl (C=O) groups excluding carboxylic acids is 1. The van der Waals surface area contributed by atoms with Crippen molar-refractivity contribution in [2.24, 2.45) is 0 Å². The van der Waals surface area contributed by atoms with Gasteiger partial charge in [-0.2, -0.15) is 0 Å². The highest BCUT2D eigenvalue weighted by Crippen LogP contribution is 2.31. The van der Waals surface area contributed by atoms with Crippen molar-refractivity contribution in [2.75, 3.05) is 29.1 Å². The van der Waals surface area contributed by atoms with E-state index in [9.17, 15) is 4.79 Å². The normalized spacial score (nSPS) is 12.5. The van der Waals surface area contributed by atoms with Crippen molar-refractivity contribution in [3.8, 4) is 5.75 Å². The Hall–Kier alpha value is -3.88. The number of hydrogen-bond donors (Lipinski definition) is 4. The molecule has 28 heavy (non-hydrogen) atoms. The Bertz CT molecular complexity index is 1070.